The SMILES string of the molecule is Cc1ccc2nc(N3CCC(C(N)=O)CC3)c(/C=C3\SC(=S)N(C4CCCC4)C3=O)cc2c1. The zero-order chi connectivity index (χ0) is 23.1. The average molecular weight is 481 g/mol. The van der Waals surface area contributed by atoms with E-state index in [0.717, 1.165) is 53.5 Å². The lowest BCUT2D eigenvalue weighted by atomic mass is 9.96. The maximum Gasteiger partial charge on any atom is 0.266 e. The van der Waals surface area contributed by atoms with Crippen molar-refractivity contribution in [3.8, 4) is 0 Å². The first kappa shape index (κ1) is 22.3. The van der Waals surface area contributed by atoms with Crippen LogP contribution in [0.2, 0.25) is 0 Å². The number of fused-ring (bicyclic) bond motifs is 1. The molecule has 6 nitrogen and oxygen atoms in total. The minimum Gasteiger partial charge on any atom is -0.369 e. The molecule has 2 amide bonds. The van der Waals surface area contributed by atoms with E-state index in [1.165, 1.54) is 11.8 Å². The Morgan fingerprint density at radius 3 is 2.61 bits per heavy atom. The van der Waals surface area contributed by atoms with E-state index in [0.29, 0.717) is 35.2 Å². The molecule has 3 fully saturated rings. The Labute approximate surface area is 203 Å². The Balaban J connectivity index is 1.52. The summed E-state index contributed by atoms with van der Waals surface area (Å²) in [5.74, 6) is 0.544. The number of aryl methyl sites for hydroxylation is 1. The van der Waals surface area contributed by atoms with Crippen LogP contribution in [0.5, 0.6) is 0 Å². The van der Waals surface area contributed by atoms with Gasteiger partial charge in [-0.3, -0.25) is 14.5 Å². The van der Waals surface area contributed by atoms with Crippen LogP contribution >= 0.6 is 24.0 Å². The first-order valence-corrected chi connectivity index (χ1v) is 12.9. The Hall–Kier alpha value is -2.45. The van der Waals surface area contributed by atoms with Crippen LogP contribution in [0.15, 0.2) is 29.2 Å². The summed E-state index contributed by atoms with van der Waals surface area (Å²) in [6.07, 6.45) is 7.74. The van der Waals surface area contributed by atoms with E-state index in [-0.39, 0.29) is 23.8 Å². The Morgan fingerprint density at radius 1 is 1.18 bits per heavy atom. The maximum absolute atomic E-state index is 13.3. The molecule has 0 unspecified atom stereocenters. The normalized spacial score (nSPS) is 21.7. The van der Waals surface area contributed by atoms with E-state index in [1.807, 2.05) is 17.0 Å². The van der Waals surface area contributed by atoms with Crippen molar-refractivity contribution in [2.24, 2.45) is 11.7 Å². The van der Waals surface area contributed by atoms with Gasteiger partial charge in [-0.2, -0.15) is 0 Å². The number of carbonyl (C=O) groups is 2. The van der Waals surface area contributed by atoms with Gasteiger partial charge < -0.3 is 10.6 Å². The number of aromatic nitrogens is 1. The molecule has 0 spiro atoms. The fraction of sp³-hybridized carbons (Fsp3) is 0.440. The topological polar surface area (TPSA) is 79.5 Å². The van der Waals surface area contributed by atoms with Gasteiger partial charge in [0.15, 0.2) is 0 Å². The average Bonchev–Trinajstić information content (AvgIpc) is 3.41. The van der Waals surface area contributed by atoms with E-state index >= 15 is 0 Å². The second-order valence-corrected chi connectivity index (χ2v) is 10.9. The third kappa shape index (κ3) is 4.38. The van der Waals surface area contributed by atoms with Gasteiger partial charge >= 0.3 is 0 Å². The molecule has 1 aromatic carbocycles. The van der Waals surface area contributed by atoms with Crippen molar-refractivity contribution in [1.29, 1.82) is 0 Å². The second kappa shape index (κ2) is 9.06. The molecule has 0 atom stereocenters. The van der Waals surface area contributed by atoms with Gasteiger partial charge in [-0.1, -0.05) is 48.5 Å². The van der Waals surface area contributed by atoms with Crippen molar-refractivity contribution in [2.45, 2.75) is 51.5 Å². The quantitative estimate of drug-likeness (QED) is 0.517. The van der Waals surface area contributed by atoms with Crippen molar-refractivity contribution in [3.63, 3.8) is 0 Å². The zero-order valence-electron chi connectivity index (χ0n) is 18.8. The summed E-state index contributed by atoms with van der Waals surface area (Å²) in [6.45, 7) is 3.48. The minimum atomic E-state index is -0.229. The molecule has 1 aliphatic carbocycles. The zero-order valence-corrected chi connectivity index (χ0v) is 20.4. The highest BCUT2D eigenvalue weighted by Crippen LogP contribution is 2.39. The number of primary amides is 1. The van der Waals surface area contributed by atoms with Crippen molar-refractivity contribution < 1.29 is 9.59 Å². The molecule has 2 aromatic rings. The molecular weight excluding hydrogens is 452 g/mol. The van der Waals surface area contributed by atoms with Gasteiger partial charge in [0.05, 0.1) is 10.4 Å². The van der Waals surface area contributed by atoms with Crippen LogP contribution in [0, 0.1) is 12.8 Å². The number of nitrogens with zero attached hydrogens (tertiary/aromatic N) is 3. The molecule has 8 heteroatoms. The number of nitrogens with two attached hydrogens (primary N) is 1. The van der Waals surface area contributed by atoms with Crippen molar-refractivity contribution in [3.05, 3.63) is 40.3 Å². The first-order chi connectivity index (χ1) is 15.9. The summed E-state index contributed by atoms with van der Waals surface area (Å²) in [6, 6.07) is 8.56. The lowest BCUT2D eigenvalue weighted by Crippen LogP contribution is -2.39. The smallest absolute Gasteiger partial charge is 0.266 e. The fourth-order valence-corrected chi connectivity index (χ4v) is 6.53. The molecule has 172 valence electrons. The highest BCUT2D eigenvalue weighted by atomic mass is 32.2. The van der Waals surface area contributed by atoms with Crippen molar-refractivity contribution in [1.82, 2.24) is 9.88 Å². The van der Waals surface area contributed by atoms with E-state index in [9.17, 15) is 9.59 Å². The first-order valence-electron chi connectivity index (χ1n) is 11.6. The number of thiocarbonyl (C=S) groups is 1. The van der Waals surface area contributed by atoms with E-state index in [1.54, 1.807) is 0 Å². The number of carbonyl (C=O) groups excluding carboxylic acids is 2. The Kier molecular flexibility index (Phi) is 6.14. The molecule has 2 N–H and O–H groups in total. The van der Waals surface area contributed by atoms with Crippen LogP contribution in [0.4, 0.5) is 5.82 Å². The lowest BCUT2D eigenvalue weighted by molar-refractivity contribution is -0.124. The number of pyridine rings is 1. The molecule has 2 aliphatic heterocycles. The molecular formula is C25H28N4O2S2. The number of amides is 2. The summed E-state index contributed by atoms with van der Waals surface area (Å²) < 4.78 is 0.659. The van der Waals surface area contributed by atoms with Gasteiger partial charge in [0, 0.05) is 36.0 Å². The number of rotatable bonds is 4. The highest BCUT2D eigenvalue weighted by Gasteiger charge is 2.38. The number of hydrogen-bond donors (Lipinski definition) is 1. The van der Waals surface area contributed by atoms with Crippen LogP contribution in [-0.2, 0) is 9.59 Å². The number of thioether (sulfide) groups is 1. The minimum absolute atomic E-state index is 0.0135. The molecule has 0 radical (unpaired) electrons. The molecule has 33 heavy (non-hydrogen) atoms. The summed E-state index contributed by atoms with van der Waals surface area (Å²) in [7, 11) is 0. The van der Waals surface area contributed by atoms with Crippen molar-refractivity contribution in [2.75, 3.05) is 18.0 Å². The lowest BCUT2D eigenvalue weighted by Gasteiger charge is -2.32. The van der Waals surface area contributed by atoms with E-state index in [2.05, 4.69) is 30.0 Å². The van der Waals surface area contributed by atoms with Crippen LogP contribution in [0.25, 0.3) is 17.0 Å². The molecule has 2 saturated heterocycles. The van der Waals surface area contributed by atoms with E-state index in [4.69, 9.17) is 22.9 Å². The predicted octanol–water partition coefficient (Wildman–Crippen LogP) is 4.39. The van der Waals surface area contributed by atoms with Crippen LogP contribution in [0.1, 0.15) is 49.7 Å². The van der Waals surface area contributed by atoms with Gasteiger partial charge in [-0.25, -0.2) is 4.98 Å². The standard InChI is InChI=1S/C25H28N4O2S2/c1-15-6-7-20-17(12-15)13-18(23(27-20)28-10-8-16(9-11-28)22(26)30)14-21-24(31)29(25(32)33-21)19-4-2-3-5-19/h6-7,12-14,16,19H,2-5,8-11H2,1H3,(H2,26,30)/b21-14-. The number of piperidine rings is 1. The fourth-order valence-electron chi connectivity index (χ4n) is 5.14. The summed E-state index contributed by atoms with van der Waals surface area (Å²) >= 11 is 6.99. The van der Waals surface area contributed by atoms with Gasteiger partial charge in [-0.05, 0) is 56.9 Å². The van der Waals surface area contributed by atoms with Gasteiger partial charge in [0.1, 0.15) is 10.1 Å². The van der Waals surface area contributed by atoms with Crippen LogP contribution < -0.4 is 10.6 Å². The molecule has 1 aromatic heterocycles. The number of hydrogen-bond acceptors (Lipinski definition) is 6. The van der Waals surface area contributed by atoms with Gasteiger partial charge in [0.2, 0.25) is 5.91 Å². The van der Waals surface area contributed by atoms with Crippen molar-refractivity contribution >= 4 is 62.9 Å². The molecule has 0 bridgehead atoms. The number of benzene rings is 1. The summed E-state index contributed by atoms with van der Waals surface area (Å²) in [5, 5.41) is 1.04. The molecule has 5 rings (SSSR count). The van der Waals surface area contributed by atoms with E-state index < -0.39 is 0 Å². The Bertz CT molecular complexity index is 1160. The second-order valence-electron chi connectivity index (χ2n) is 9.25. The highest BCUT2D eigenvalue weighted by molar-refractivity contribution is 8.26. The molecule has 3 aliphatic rings. The predicted molar refractivity (Wildman–Crippen MR) is 138 cm³/mol. The third-order valence-corrected chi connectivity index (χ3v) is 8.31. The summed E-state index contributed by atoms with van der Waals surface area (Å²) in [5.41, 5.74) is 8.53. The largest absolute Gasteiger partial charge is 0.369 e. The van der Waals surface area contributed by atoms with Crippen LogP contribution in [-0.4, -0.2) is 45.2 Å². The third-order valence-electron chi connectivity index (χ3n) is 6.98. The van der Waals surface area contributed by atoms with Gasteiger partial charge in [-0.15, -0.1) is 0 Å². The summed E-state index contributed by atoms with van der Waals surface area (Å²) in [4.78, 5) is 34.6. The number of anilines is 1. The van der Waals surface area contributed by atoms with Gasteiger partial charge in [0.25, 0.3) is 5.91 Å². The van der Waals surface area contributed by atoms with Crippen LogP contribution in [0.3, 0.4) is 0 Å². The Morgan fingerprint density at radius 2 is 1.91 bits per heavy atom. The molecule has 1 saturated carbocycles. The monoisotopic (exact) mass is 480 g/mol. The molecule has 3 heterocycles. The maximum atomic E-state index is 13.3.